The maximum absolute atomic E-state index is 10.5. The van der Waals surface area contributed by atoms with Crippen LogP contribution in [0.4, 0.5) is 0 Å². The van der Waals surface area contributed by atoms with Gasteiger partial charge < -0.3 is 5.32 Å². The van der Waals surface area contributed by atoms with Crippen molar-refractivity contribution in [2.45, 2.75) is 6.04 Å². The van der Waals surface area contributed by atoms with Gasteiger partial charge in [-0.25, -0.2) is 0 Å². The first-order chi connectivity index (χ1) is 3.72. The summed E-state index contributed by atoms with van der Waals surface area (Å²) < 4.78 is 0. The van der Waals surface area contributed by atoms with Crippen molar-refractivity contribution in [3.63, 3.8) is 0 Å². The lowest BCUT2D eigenvalue weighted by Gasteiger charge is -2.06. The first kappa shape index (κ1) is 8.41. The van der Waals surface area contributed by atoms with Gasteiger partial charge in [0.2, 0.25) is 0 Å². The smallest absolute Gasteiger partial charge is 0.165 e. The normalized spacial score (nSPS) is 13.4. The van der Waals surface area contributed by atoms with Crippen LogP contribution in [0, 0.1) is 0 Å². The molecule has 0 aromatic rings. The van der Waals surface area contributed by atoms with E-state index < -0.39 is 0 Å². The number of nitrogens with one attached hydrogen (secondary N) is 1. The highest BCUT2D eigenvalue weighted by Gasteiger charge is 2.06. The van der Waals surface area contributed by atoms with Crippen LogP contribution in [-0.2, 0) is 4.79 Å². The van der Waals surface area contributed by atoms with Crippen LogP contribution in [-0.4, -0.2) is 24.4 Å². The predicted octanol–water partition coefficient (Wildman–Crippen LogP) is -0.0941. The van der Waals surface area contributed by atoms with E-state index in [0.717, 1.165) is 0 Å². The molecule has 0 heterocycles. The lowest BCUT2D eigenvalue weighted by Crippen LogP contribution is -2.32. The SMILES string of the molecule is CNC(CS)C(=O)P. The number of carbonyl (C=O) groups excluding carboxylic acids is 1. The van der Waals surface area contributed by atoms with E-state index in [2.05, 4.69) is 27.2 Å². The Morgan fingerprint density at radius 3 is 2.50 bits per heavy atom. The van der Waals surface area contributed by atoms with Gasteiger partial charge in [-0.2, -0.15) is 12.6 Å². The molecule has 2 atom stereocenters. The fourth-order valence-electron chi connectivity index (χ4n) is 0.324. The number of rotatable bonds is 3. The molecule has 0 aromatic heterocycles. The summed E-state index contributed by atoms with van der Waals surface area (Å²) in [7, 11) is 3.85. The van der Waals surface area contributed by atoms with Gasteiger partial charge in [0.05, 0.1) is 6.04 Å². The predicted molar refractivity (Wildman–Crippen MR) is 41.4 cm³/mol. The van der Waals surface area contributed by atoms with Gasteiger partial charge in [-0.1, -0.05) is 9.24 Å². The molecule has 0 spiro atoms. The molecule has 0 amide bonds. The molecular weight excluding hydrogens is 141 g/mol. The third kappa shape index (κ3) is 2.65. The first-order valence-electron chi connectivity index (χ1n) is 2.29. The fourth-order valence-corrected chi connectivity index (χ4v) is 1.17. The molecule has 8 heavy (non-hydrogen) atoms. The Balaban J connectivity index is 3.52. The van der Waals surface area contributed by atoms with Gasteiger partial charge in [0.25, 0.3) is 0 Å². The highest BCUT2D eigenvalue weighted by molar-refractivity contribution is 7.80. The average Bonchev–Trinajstić information content (AvgIpc) is 1.69. The molecule has 0 aliphatic heterocycles. The second-order valence-electron chi connectivity index (χ2n) is 1.43. The van der Waals surface area contributed by atoms with Gasteiger partial charge in [-0.3, -0.25) is 4.79 Å². The summed E-state index contributed by atoms with van der Waals surface area (Å²) in [6, 6.07) is -0.108. The van der Waals surface area contributed by atoms with Crippen molar-refractivity contribution in [1.82, 2.24) is 5.32 Å². The van der Waals surface area contributed by atoms with Crippen LogP contribution in [0.3, 0.4) is 0 Å². The van der Waals surface area contributed by atoms with Crippen molar-refractivity contribution in [2.75, 3.05) is 12.8 Å². The largest absolute Gasteiger partial charge is 0.310 e. The Bertz CT molecular complexity index is 84.1. The molecule has 2 unspecified atom stereocenters. The van der Waals surface area contributed by atoms with Crippen molar-refractivity contribution in [3.05, 3.63) is 0 Å². The average molecular weight is 151 g/mol. The van der Waals surface area contributed by atoms with Gasteiger partial charge in [0.1, 0.15) is 0 Å². The Labute approximate surface area is 57.0 Å². The van der Waals surface area contributed by atoms with Crippen molar-refractivity contribution < 1.29 is 4.79 Å². The molecular formula is C4H10NOPS. The second-order valence-corrected chi connectivity index (χ2v) is 2.36. The maximum atomic E-state index is 10.5. The molecule has 4 heteroatoms. The standard InChI is InChI=1S/C4H10NOPS/c1-5-3(2-8)4(6)7/h3,5,8H,2,7H2,1H3. The zero-order chi connectivity index (χ0) is 6.57. The van der Waals surface area contributed by atoms with E-state index in [4.69, 9.17) is 0 Å². The Morgan fingerprint density at radius 2 is 2.50 bits per heavy atom. The zero-order valence-corrected chi connectivity index (χ0v) is 6.77. The molecule has 48 valence electrons. The van der Waals surface area contributed by atoms with Gasteiger partial charge in [0, 0.05) is 5.75 Å². The molecule has 1 N–H and O–H groups in total. The summed E-state index contributed by atoms with van der Waals surface area (Å²) in [6.45, 7) is 0. The number of hydrogen-bond acceptors (Lipinski definition) is 3. The van der Waals surface area contributed by atoms with Crippen LogP contribution in [0.5, 0.6) is 0 Å². The molecule has 0 radical (unpaired) electrons. The van der Waals surface area contributed by atoms with E-state index in [9.17, 15) is 4.79 Å². The van der Waals surface area contributed by atoms with Gasteiger partial charge in [-0.15, -0.1) is 0 Å². The number of carbonyl (C=O) groups is 1. The molecule has 0 saturated carbocycles. The number of thiol groups is 1. The van der Waals surface area contributed by atoms with Gasteiger partial charge in [-0.05, 0) is 7.05 Å². The molecule has 0 fully saturated rings. The van der Waals surface area contributed by atoms with Crippen LogP contribution in [0.1, 0.15) is 0 Å². The molecule has 0 rings (SSSR count). The maximum Gasteiger partial charge on any atom is 0.165 e. The molecule has 0 saturated heterocycles. The third-order valence-corrected chi connectivity index (χ3v) is 1.64. The highest BCUT2D eigenvalue weighted by atomic mass is 32.1. The van der Waals surface area contributed by atoms with E-state index in [1.165, 1.54) is 0 Å². The summed E-state index contributed by atoms with van der Waals surface area (Å²) in [4.78, 5) is 10.5. The van der Waals surface area contributed by atoms with Gasteiger partial charge in [0.15, 0.2) is 5.52 Å². The van der Waals surface area contributed by atoms with E-state index in [-0.39, 0.29) is 11.6 Å². The van der Waals surface area contributed by atoms with E-state index in [0.29, 0.717) is 5.75 Å². The zero-order valence-electron chi connectivity index (χ0n) is 4.72. The summed E-state index contributed by atoms with van der Waals surface area (Å²) in [6.07, 6.45) is 0. The number of hydrogen-bond donors (Lipinski definition) is 2. The molecule has 0 aliphatic carbocycles. The van der Waals surface area contributed by atoms with E-state index in [1.807, 2.05) is 0 Å². The van der Waals surface area contributed by atoms with Gasteiger partial charge >= 0.3 is 0 Å². The lowest BCUT2D eigenvalue weighted by molar-refractivity contribution is -0.112. The topological polar surface area (TPSA) is 29.1 Å². The summed E-state index contributed by atoms with van der Waals surface area (Å²) in [5.41, 5.74) is 0.0579. The monoisotopic (exact) mass is 151 g/mol. The van der Waals surface area contributed by atoms with Crippen LogP contribution in [0.2, 0.25) is 0 Å². The van der Waals surface area contributed by atoms with Crippen LogP contribution < -0.4 is 5.32 Å². The lowest BCUT2D eigenvalue weighted by atomic mass is 10.4. The van der Waals surface area contributed by atoms with Crippen molar-refractivity contribution in [1.29, 1.82) is 0 Å². The second kappa shape index (κ2) is 4.30. The number of likely N-dealkylation sites (N-methyl/N-ethyl adjacent to an activating group) is 1. The molecule has 0 aromatic carbocycles. The fraction of sp³-hybridized carbons (Fsp3) is 0.750. The first-order valence-corrected chi connectivity index (χ1v) is 3.50. The van der Waals surface area contributed by atoms with Crippen LogP contribution in [0.25, 0.3) is 0 Å². The van der Waals surface area contributed by atoms with Crippen molar-refractivity contribution in [3.8, 4) is 0 Å². The van der Waals surface area contributed by atoms with Crippen LogP contribution in [0.15, 0.2) is 0 Å². The summed E-state index contributed by atoms with van der Waals surface area (Å²) >= 11 is 3.94. The minimum absolute atomic E-state index is 0.0579. The molecule has 2 nitrogen and oxygen atoms in total. The Hall–Kier alpha value is 0.410. The molecule has 0 bridgehead atoms. The Morgan fingerprint density at radius 1 is 2.00 bits per heavy atom. The van der Waals surface area contributed by atoms with E-state index in [1.54, 1.807) is 7.05 Å². The molecule has 0 aliphatic rings. The summed E-state index contributed by atoms with van der Waals surface area (Å²) in [5.74, 6) is 0.554. The van der Waals surface area contributed by atoms with Crippen molar-refractivity contribution >= 4 is 27.4 Å². The van der Waals surface area contributed by atoms with Crippen molar-refractivity contribution in [2.24, 2.45) is 0 Å². The quantitative estimate of drug-likeness (QED) is 0.436. The minimum Gasteiger partial charge on any atom is -0.310 e. The minimum atomic E-state index is -0.108. The highest BCUT2D eigenvalue weighted by Crippen LogP contribution is 1.94. The Kier molecular flexibility index (Phi) is 4.53. The summed E-state index contributed by atoms with van der Waals surface area (Å²) in [5, 5.41) is 2.80. The third-order valence-electron chi connectivity index (χ3n) is 0.874. The van der Waals surface area contributed by atoms with Crippen LogP contribution >= 0.6 is 21.9 Å². The van der Waals surface area contributed by atoms with E-state index >= 15 is 0 Å².